The van der Waals surface area contributed by atoms with Crippen molar-refractivity contribution in [2.24, 2.45) is 0 Å². The summed E-state index contributed by atoms with van der Waals surface area (Å²) >= 11 is 6.39. The van der Waals surface area contributed by atoms with Gasteiger partial charge in [-0.2, -0.15) is 8.42 Å². The lowest BCUT2D eigenvalue weighted by Gasteiger charge is -2.10. The molecule has 7 nitrogen and oxygen atoms in total. The van der Waals surface area contributed by atoms with Crippen LogP contribution in [-0.4, -0.2) is 61.2 Å². The maximum atomic E-state index is 9.19. The highest BCUT2D eigenvalue weighted by Crippen LogP contribution is 2.34. The first-order valence-corrected chi connectivity index (χ1v) is 11.5. The molecule has 0 aliphatic carbocycles. The van der Waals surface area contributed by atoms with Crippen LogP contribution in [0.2, 0.25) is 5.02 Å². The van der Waals surface area contributed by atoms with Crippen molar-refractivity contribution in [1.29, 1.82) is 0 Å². The van der Waals surface area contributed by atoms with Crippen molar-refractivity contribution >= 4 is 21.7 Å². The Morgan fingerprint density at radius 2 is 1.67 bits per heavy atom. The summed E-state index contributed by atoms with van der Waals surface area (Å²) < 4.78 is 33.7. The molecule has 0 saturated carbocycles. The Kier molecular flexibility index (Phi) is 8.86. The summed E-state index contributed by atoms with van der Waals surface area (Å²) in [5.74, 6) is 0.607. The van der Waals surface area contributed by atoms with Gasteiger partial charge in [-0.25, -0.2) is 4.68 Å². The van der Waals surface area contributed by atoms with E-state index in [0.29, 0.717) is 23.8 Å². The van der Waals surface area contributed by atoms with Crippen LogP contribution in [0.15, 0.2) is 60.8 Å². The Bertz CT molecular complexity index is 1030. The van der Waals surface area contributed by atoms with E-state index in [-0.39, 0.29) is 0 Å². The summed E-state index contributed by atoms with van der Waals surface area (Å²) in [5.41, 5.74) is 2.81. The third kappa shape index (κ3) is 8.16. The fourth-order valence-electron chi connectivity index (χ4n) is 2.59. The number of rotatable bonds is 7. The molecule has 0 bridgehead atoms. The Morgan fingerprint density at radius 3 is 2.27 bits per heavy atom. The number of nitrogens with zero attached hydrogens (tertiary/aromatic N) is 3. The topological polar surface area (TPSA) is 84.7 Å². The van der Waals surface area contributed by atoms with Crippen LogP contribution in [0.4, 0.5) is 0 Å². The van der Waals surface area contributed by atoms with Crippen molar-refractivity contribution in [2.45, 2.75) is 6.42 Å². The Balaban J connectivity index is 0.000000575. The first-order chi connectivity index (χ1) is 14.1. The van der Waals surface area contributed by atoms with Crippen molar-refractivity contribution in [1.82, 2.24) is 14.7 Å². The van der Waals surface area contributed by atoms with Crippen LogP contribution in [0, 0.1) is 0 Å². The third-order valence-electron chi connectivity index (χ3n) is 3.85. The van der Waals surface area contributed by atoms with Gasteiger partial charge >= 0.3 is 0 Å². The van der Waals surface area contributed by atoms with E-state index in [1.165, 1.54) is 0 Å². The van der Waals surface area contributed by atoms with E-state index >= 15 is 0 Å². The molecule has 0 aliphatic heterocycles. The fourth-order valence-corrected chi connectivity index (χ4v) is 2.83. The average molecular weight is 452 g/mol. The van der Waals surface area contributed by atoms with Gasteiger partial charge < -0.3 is 9.64 Å². The Hall–Kier alpha value is -2.39. The molecule has 1 heterocycles. The van der Waals surface area contributed by atoms with E-state index in [1.807, 2.05) is 65.5 Å². The molecule has 9 heteroatoms. The second-order valence-corrected chi connectivity index (χ2v) is 8.72. The van der Waals surface area contributed by atoms with Crippen LogP contribution >= 0.6 is 11.6 Å². The van der Waals surface area contributed by atoms with Gasteiger partial charge in [-0.1, -0.05) is 48.0 Å². The summed E-state index contributed by atoms with van der Waals surface area (Å²) in [4.78, 5) is 2.14. The lowest BCUT2D eigenvalue weighted by molar-refractivity contribution is 0.273. The maximum Gasteiger partial charge on any atom is 0.261 e. The van der Waals surface area contributed by atoms with Crippen LogP contribution in [0.25, 0.3) is 16.8 Å². The Labute approximate surface area is 182 Å². The van der Waals surface area contributed by atoms with Gasteiger partial charge in [0.05, 0.1) is 24.1 Å². The first-order valence-electron chi connectivity index (χ1n) is 9.25. The summed E-state index contributed by atoms with van der Waals surface area (Å²) in [6, 6.07) is 17.8. The summed E-state index contributed by atoms with van der Waals surface area (Å²) in [6.45, 7) is 1.59. The van der Waals surface area contributed by atoms with E-state index in [2.05, 4.69) is 24.1 Å². The van der Waals surface area contributed by atoms with Crippen LogP contribution in [0.3, 0.4) is 0 Å². The fraction of sp³-hybridized carbons (Fsp3) is 0.286. The normalized spacial score (nSPS) is 11.1. The SMILES string of the molecule is CN(C)CCCOc1nn(-c2ccccc2)cc1-c1ccccc1Cl.CS(=O)(=O)O. The Morgan fingerprint density at radius 1 is 1.07 bits per heavy atom. The van der Waals surface area contributed by atoms with Gasteiger partial charge in [-0.15, -0.1) is 5.10 Å². The number of para-hydroxylation sites is 1. The highest BCUT2D eigenvalue weighted by atomic mass is 35.5. The minimum atomic E-state index is -3.67. The second kappa shape index (κ2) is 11.1. The minimum absolute atomic E-state index is 0.607. The summed E-state index contributed by atoms with van der Waals surface area (Å²) in [7, 11) is 0.443. The van der Waals surface area contributed by atoms with E-state index < -0.39 is 10.1 Å². The molecule has 30 heavy (non-hydrogen) atoms. The van der Waals surface area contributed by atoms with Crippen molar-refractivity contribution in [3.8, 4) is 22.7 Å². The number of benzene rings is 2. The molecule has 0 fully saturated rings. The van der Waals surface area contributed by atoms with E-state index in [0.717, 1.165) is 29.8 Å². The van der Waals surface area contributed by atoms with Crippen molar-refractivity contribution in [3.05, 3.63) is 65.8 Å². The molecular formula is C21H26ClN3O4S. The van der Waals surface area contributed by atoms with Gasteiger partial charge in [0.25, 0.3) is 10.1 Å². The molecule has 0 atom stereocenters. The largest absolute Gasteiger partial charge is 0.476 e. The standard InChI is InChI=1S/C20H22ClN3O.CH4O3S/c1-23(2)13-8-14-25-20-18(17-11-6-7-12-19(17)21)15-24(22-20)16-9-4-3-5-10-16;1-5(2,3)4/h3-7,9-12,15H,8,13-14H2,1-2H3;1H3,(H,2,3,4). The van der Waals surface area contributed by atoms with E-state index in [1.54, 1.807) is 0 Å². The first kappa shape index (κ1) is 23.9. The zero-order valence-corrected chi connectivity index (χ0v) is 18.8. The van der Waals surface area contributed by atoms with E-state index in [9.17, 15) is 8.42 Å². The van der Waals surface area contributed by atoms with E-state index in [4.69, 9.17) is 20.9 Å². The predicted molar refractivity (Wildman–Crippen MR) is 120 cm³/mol. The smallest absolute Gasteiger partial charge is 0.261 e. The van der Waals surface area contributed by atoms with Crippen LogP contribution < -0.4 is 4.74 Å². The highest BCUT2D eigenvalue weighted by Gasteiger charge is 2.15. The van der Waals surface area contributed by atoms with Crippen molar-refractivity contribution < 1.29 is 17.7 Å². The molecule has 2 aromatic carbocycles. The van der Waals surface area contributed by atoms with Crippen LogP contribution in [0.1, 0.15) is 6.42 Å². The monoisotopic (exact) mass is 451 g/mol. The number of hydrogen-bond donors (Lipinski definition) is 1. The molecule has 0 spiro atoms. The molecule has 3 rings (SSSR count). The molecule has 0 amide bonds. The molecule has 0 unspecified atom stereocenters. The van der Waals surface area contributed by atoms with Gasteiger partial charge in [0, 0.05) is 23.3 Å². The number of halogens is 1. The van der Waals surface area contributed by atoms with Crippen LogP contribution in [-0.2, 0) is 10.1 Å². The van der Waals surface area contributed by atoms with Gasteiger partial charge in [0.2, 0.25) is 5.88 Å². The average Bonchev–Trinajstić information content (AvgIpc) is 3.09. The lowest BCUT2D eigenvalue weighted by Crippen LogP contribution is -2.15. The number of hydrogen-bond acceptors (Lipinski definition) is 5. The molecule has 162 valence electrons. The minimum Gasteiger partial charge on any atom is -0.476 e. The molecule has 0 radical (unpaired) electrons. The molecule has 3 aromatic rings. The van der Waals surface area contributed by atoms with Crippen molar-refractivity contribution in [2.75, 3.05) is 33.5 Å². The van der Waals surface area contributed by atoms with Crippen LogP contribution in [0.5, 0.6) is 5.88 Å². The highest BCUT2D eigenvalue weighted by molar-refractivity contribution is 7.85. The summed E-state index contributed by atoms with van der Waals surface area (Å²) in [6.07, 6.45) is 3.62. The molecule has 1 aromatic heterocycles. The molecule has 0 saturated heterocycles. The summed E-state index contributed by atoms with van der Waals surface area (Å²) in [5, 5.41) is 5.33. The molecule has 1 N–H and O–H groups in total. The number of aromatic nitrogens is 2. The zero-order valence-electron chi connectivity index (χ0n) is 17.2. The third-order valence-corrected chi connectivity index (χ3v) is 4.18. The van der Waals surface area contributed by atoms with Crippen molar-refractivity contribution in [3.63, 3.8) is 0 Å². The molecular weight excluding hydrogens is 426 g/mol. The maximum absolute atomic E-state index is 9.19. The van der Waals surface area contributed by atoms with Gasteiger partial charge in [0.1, 0.15) is 0 Å². The second-order valence-electron chi connectivity index (χ2n) is 6.85. The lowest BCUT2D eigenvalue weighted by atomic mass is 10.1. The van der Waals surface area contributed by atoms with Gasteiger partial charge in [-0.05, 0) is 38.7 Å². The number of ether oxygens (including phenoxy) is 1. The van der Waals surface area contributed by atoms with Gasteiger partial charge in [0.15, 0.2) is 0 Å². The predicted octanol–water partition coefficient (Wildman–Crippen LogP) is 4.03. The molecule has 0 aliphatic rings. The van der Waals surface area contributed by atoms with Gasteiger partial charge in [-0.3, -0.25) is 4.55 Å². The zero-order chi connectivity index (χ0) is 22.1. The quantitative estimate of drug-likeness (QED) is 0.431.